The lowest BCUT2D eigenvalue weighted by Crippen LogP contribution is -2.04. The molecule has 0 amide bonds. The molecule has 0 atom stereocenters. The number of hydrogen-bond donors (Lipinski definition) is 0. The Kier molecular flexibility index (Phi) is 3.80. The summed E-state index contributed by atoms with van der Waals surface area (Å²) in [6, 6.07) is 27.9. The Morgan fingerprint density at radius 3 is 2.46 bits per heavy atom. The van der Waals surface area contributed by atoms with E-state index in [1.165, 1.54) is 0 Å². The van der Waals surface area contributed by atoms with Crippen LogP contribution in [0.2, 0.25) is 0 Å². The van der Waals surface area contributed by atoms with Gasteiger partial charge in [-0.3, -0.25) is 9.20 Å². The van der Waals surface area contributed by atoms with Crippen molar-refractivity contribution in [3.8, 4) is 11.4 Å². The van der Waals surface area contributed by atoms with E-state index in [0.717, 1.165) is 33.2 Å². The number of aromatic nitrogens is 2. The second-order valence-electron chi connectivity index (χ2n) is 6.91. The van der Waals surface area contributed by atoms with E-state index in [2.05, 4.69) is 24.3 Å². The Labute approximate surface area is 162 Å². The van der Waals surface area contributed by atoms with Crippen molar-refractivity contribution in [2.24, 2.45) is 0 Å². The lowest BCUT2D eigenvalue weighted by Gasteiger charge is -2.05. The molecular weight excluding hydrogens is 344 g/mol. The zero-order valence-electron chi connectivity index (χ0n) is 15.5. The van der Waals surface area contributed by atoms with Gasteiger partial charge in [0.2, 0.25) is 5.78 Å². The van der Waals surface area contributed by atoms with Gasteiger partial charge in [0, 0.05) is 17.3 Å². The summed E-state index contributed by atoms with van der Waals surface area (Å²) in [4.78, 5) is 18.2. The highest BCUT2D eigenvalue weighted by Gasteiger charge is 2.21. The number of pyridine rings is 1. The number of nitrogens with zero attached hydrogens (tertiary/aromatic N) is 2. The van der Waals surface area contributed by atoms with E-state index in [-0.39, 0.29) is 5.78 Å². The number of imidazole rings is 1. The number of aryl methyl sites for hydroxylation is 1. The monoisotopic (exact) mass is 362 g/mol. The number of hydrogen-bond acceptors (Lipinski definition) is 2. The molecule has 2 aromatic heterocycles. The molecule has 0 fully saturated rings. The number of fused-ring (bicyclic) bond motifs is 2. The van der Waals surface area contributed by atoms with Crippen LogP contribution in [0.3, 0.4) is 0 Å². The summed E-state index contributed by atoms with van der Waals surface area (Å²) in [7, 11) is 0. The molecule has 2 heterocycles. The van der Waals surface area contributed by atoms with Crippen LogP contribution in [0.25, 0.3) is 27.7 Å². The number of ketones is 1. The Balaban J connectivity index is 1.79. The Morgan fingerprint density at radius 1 is 0.821 bits per heavy atom. The van der Waals surface area contributed by atoms with E-state index in [4.69, 9.17) is 4.98 Å². The molecule has 0 spiro atoms. The molecule has 3 heteroatoms. The van der Waals surface area contributed by atoms with Crippen molar-refractivity contribution in [3.05, 3.63) is 108 Å². The van der Waals surface area contributed by atoms with Crippen LogP contribution in [-0.4, -0.2) is 15.2 Å². The first-order valence-corrected chi connectivity index (χ1v) is 9.29. The molecule has 0 saturated heterocycles. The molecule has 0 unspecified atom stereocenters. The summed E-state index contributed by atoms with van der Waals surface area (Å²) in [6.45, 7) is 1.96. The maximum absolute atomic E-state index is 13.3. The Bertz CT molecular complexity index is 1340. The van der Waals surface area contributed by atoms with Gasteiger partial charge in [0.25, 0.3) is 0 Å². The Hall–Kier alpha value is -3.72. The second-order valence-corrected chi connectivity index (χ2v) is 6.91. The topological polar surface area (TPSA) is 34.4 Å². The van der Waals surface area contributed by atoms with Crippen LogP contribution >= 0.6 is 0 Å². The lowest BCUT2D eigenvalue weighted by atomic mass is 10.0. The number of carbonyl (C=O) groups is 1. The molecule has 0 saturated carbocycles. The van der Waals surface area contributed by atoms with Crippen LogP contribution in [-0.2, 0) is 0 Å². The van der Waals surface area contributed by atoms with Gasteiger partial charge in [0.15, 0.2) is 0 Å². The van der Waals surface area contributed by atoms with Gasteiger partial charge in [0.1, 0.15) is 11.5 Å². The summed E-state index contributed by atoms with van der Waals surface area (Å²) in [5, 5.41) is 2.27. The molecule has 0 aliphatic rings. The zero-order valence-corrected chi connectivity index (χ0v) is 15.5. The quantitative estimate of drug-likeness (QED) is 0.386. The van der Waals surface area contributed by atoms with Crippen molar-refractivity contribution < 1.29 is 4.79 Å². The normalized spacial score (nSPS) is 11.2. The molecule has 134 valence electrons. The third-order valence-corrected chi connectivity index (χ3v) is 5.18. The van der Waals surface area contributed by atoms with Crippen LogP contribution in [0.5, 0.6) is 0 Å². The third-order valence-electron chi connectivity index (χ3n) is 5.18. The van der Waals surface area contributed by atoms with Crippen LogP contribution in [0.4, 0.5) is 0 Å². The molecule has 0 radical (unpaired) electrons. The zero-order chi connectivity index (χ0) is 19.1. The minimum atomic E-state index is -0.0479. The van der Waals surface area contributed by atoms with Crippen molar-refractivity contribution in [2.75, 3.05) is 0 Å². The highest BCUT2D eigenvalue weighted by atomic mass is 16.1. The van der Waals surface area contributed by atoms with Crippen LogP contribution < -0.4 is 0 Å². The number of rotatable bonds is 3. The molecule has 0 bridgehead atoms. The van der Waals surface area contributed by atoms with Crippen molar-refractivity contribution >= 4 is 22.1 Å². The van der Waals surface area contributed by atoms with Crippen molar-refractivity contribution in [1.29, 1.82) is 0 Å². The average molecular weight is 362 g/mol. The summed E-state index contributed by atoms with van der Waals surface area (Å²) in [6.07, 6.45) is 1.97. The maximum Gasteiger partial charge on any atom is 0.213 e. The van der Waals surface area contributed by atoms with Gasteiger partial charge in [-0.05, 0) is 35.4 Å². The standard InChI is InChI=1S/C25H18N2O/c1-17-9-2-4-12-19(17)24(28)23-22-15-6-7-16-27(22)25(26-23)21-14-8-11-18-10-3-5-13-20(18)21/h2-16H,1H3. The van der Waals surface area contributed by atoms with Gasteiger partial charge < -0.3 is 0 Å². The van der Waals surface area contributed by atoms with E-state index >= 15 is 0 Å². The van der Waals surface area contributed by atoms with E-state index in [0.29, 0.717) is 11.3 Å². The van der Waals surface area contributed by atoms with Crippen molar-refractivity contribution in [1.82, 2.24) is 9.38 Å². The van der Waals surface area contributed by atoms with Crippen molar-refractivity contribution in [3.63, 3.8) is 0 Å². The largest absolute Gasteiger partial charge is 0.299 e. The molecule has 3 aromatic carbocycles. The molecule has 0 N–H and O–H groups in total. The number of carbonyl (C=O) groups excluding carboxylic acids is 1. The molecule has 0 aliphatic carbocycles. The van der Waals surface area contributed by atoms with Crippen LogP contribution in [0.15, 0.2) is 91.1 Å². The first kappa shape index (κ1) is 16.5. The van der Waals surface area contributed by atoms with Gasteiger partial charge in [-0.2, -0.15) is 0 Å². The fourth-order valence-corrected chi connectivity index (χ4v) is 3.77. The molecular formula is C25H18N2O. The summed E-state index contributed by atoms with van der Waals surface area (Å²) in [5.74, 6) is 0.734. The molecule has 5 rings (SSSR count). The highest BCUT2D eigenvalue weighted by molar-refractivity contribution is 6.13. The van der Waals surface area contributed by atoms with Crippen molar-refractivity contribution in [2.45, 2.75) is 6.92 Å². The van der Waals surface area contributed by atoms with Gasteiger partial charge in [-0.1, -0.05) is 72.8 Å². The minimum absolute atomic E-state index is 0.0479. The fourth-order valence-electron chi connectivity index (χ4n) is 3.77. The highest BCUT2D eigenvalue weighted by Crippen LogP contribution is 2.30. The minimum Gasteiger partial charge on any atom is -0.299 e. The summed E-state index contributed by atoms with van der Waals surface area (Å²) >= 11 is 0. The molecule has 3 nitrogen and oxygen atoms in total. The van der Waals surface area contributed by atoms with E-state index < -0.39 is 0 Å². The van der Waals surface area contributed by atoms with Gasteiger partial charge in [-0.25, -0.2) is 4.98 Å². The van der Waals surface area contributed by atoms with Gasteiger partial charge in [0.05, 0.1) is 5.52 Å². The van der Waals surface area contributed by atoms with E-state index in [1.54, 1.807) is 0 Å². The smallest absolute Gasteiger partial charge is 0.213 e. The van der Waals surface area contributed by atoms with Gasteiger partial charge >= 0.3 is 0 Å². The third kappa shape index (κ3) is 2.52. The van der Waals surface area contributed by atoms with Gasteiger partial charge in [-0.15, -0.1) is 0 Å². The fraction of sp³-hybridized carbons (Fsp3) is 0.0400. The summed E-state index contributed by atoms with van der Waals surface area (Å²) in [5.41, 5.74) is 3.96. The predicted octanol–water partition coefficient (Wildman–Crippen LogP) is 5.69. The molecule has 0 aliphatic heterocycles. The summed E-state index contributed by atoms with van der Waals surface area (Å²) < 4.78 is 2.01. The predicted molar refractivity (Wildman–Crippen MR) is 113 cm³/mol. The maximum atomic E-state index is 13.3. The first-order valence-electron chi connectivity index (χ1n) is 9.29. The Morgan fingerprint density at radius 2 is 1.57 bits per heavy atom. The lowest BCUT2D eigenvalue weighted by molar-refractivity contribution is 0.103. The van der Waals surface area contributed by atoms with Crippen LogP contribution in [0, 0.1) is 6.92 Å². The van der Waals surface area contributed by atoms with E-state index in [9.17, 15) is 4.79 Å². The second kappa shape index (κ2) is 6.46. The van der Waals surface area contributed by atoms with Crippen LogP contribution in [0.1, 0.15) is 21.6 Å². The first-order chi connectivity index (χ1) is 13.7. The van der Waals surface area contributed by atoms with E-state index in [1.807, 2.05) is 78.2 Å². The molecule has 5 aromatic rings. The SMILES string of the molecule is Cc1ccccc1C(=O)c1nc(-c2cccc3ccccc23)n2ccccc12. The molecule has 28 heavy (non-hydrogen) atoms. The number of benzene rings is 3. The average Bonchev–Trinajstić information content (AvgIpc) is 3.13.